The molecule has 0 aliphatic carbocycles. The molecule has 0 amide bonds. The zero-order chi connectivity index (χ0) is 13.2. The molecule has 2 aromatic rings. The smallest absolute Gasteiger partial charge is 0.223 e. The van der Waals surface area contributed by atoms with Crippen molar-refractivity contribution in [2.75, 3.05) is 0 Å². The summed E-state index contributed by atoms with van der Waals surface area (Å²) >= 11 is 5.91. The van der Waals surface area contributed by atoms with Crippen LogP contribution in [0.3, 0.4) is 0 Å². The van der Waals surface area contributed by atoms with Gasteiger partial charge in [-0.05, 0) is 34.9 Å². The van der Waals surface area contributed by atoms with Crippen LogP contribution < -0.4 is 0 Å². The molecule has 1 aliphatic heterocycles. The minimum atomic E-state index is 0.282. The summed E-state index contributed by atoms with van der Waals surface area (Å²) in [6.07, 6.45) is 1.69. The van der Waals surface area contributed by atoms with E-state index in [1.807, 2.05) is 6.07 Å². The largest absolute Gasteiger partial charge is 0.289 e. The van der Waals surface area contributed by atoms with E-state index in [9.17, 15) is 0 Å². The summed E-state index contributed by atoms with van der Waals surface area (Å²) in [4.78, 5) is 10.7. The zero-order valence-corrected chi connectivity index (χ0v) is 11.3. The molecule has 0 atom stereocenters. The minimum Gasteiger partial charge on any atom is -0.289 e. The highest BCUT2D eigenvalue weighted by molar-refractivity contribution is 6.28. The SMILES string of the molecule is C=Cc1cc(CN2Cc3ccccc3C2)nc(Cl)n1. The third-order valence-corrected chi connectivity index (χ3v) is 3.44. The molecule has 1 aromatic heterocycles. The summed E-state index contributed by atoms with van der Waals surface area (Å²) in [6.45, 7) is 6.41. The van der Waals surface area contributed by atoms with Crippen LogP contribution in [0.15, 0.2) is 36.9 Å². The van der Waals surface area contributed by atoms with Gasteiger partial charge in [0.25, 0.3) is 0 Å². The van der Waals surface area contributed by atoms with Crippen molar-refractivity contribution in [3.63, 3.8) is 0 Å². The van der Waals surface area contributed by atoms with Crippen molar-refractivity contribution in [2.45, 2.75) is 19.6 Å². The van der Waals surface area contributed by atoms with Gasteiger partial charge in [-0.3, -0.25) is 4.90 Å². The summed E-state index contributed by atoms with van der Waals surface area (Å²) in [5.41, 5.74) is 4.49. The van der Waals surface area contributed by atoms with Crippen LogP contribution in [-0.2, 0) is 19.6 Å². The third kappa shape index (κ3) is 2.67. The highest BCUT2D eigenvalue weighted by Gasteiger charge is 2.18. The molecule has 0 fully saturated rings. The molecular weight excluding hydrogens is 258 g/mol. The van der Waals surface area contributed by atoms with E-state index in [0.29, 0.717) is 0 Å². The van der Waals surface area contributed by atoms with Crippen molar-refractivity contribution < 1.29 is 0 Å². The molecule has 0 unspecified atom stereocenters. The van der Waals surface area contributed by atoms with E-state index >= 15 is 0 Å². The highest BCUT2D eigenvalue weighted by atomic mass is 35.5. The van der Waals surface area contributed by atoms with Crippen LogP contribution in [0.4, 0.5) is 0 Å². The Morgan fingerprint density at radius 3 is 2.53 bits per heavy atom. The summed E-state index contributed by atoms with van der Waals surface area (Å²) in [5, 5.41) is 0.282. The van der Waals surface area contributed by atoms with E-state index in [-0.39, 0.29) is 5.28 Å². The van der Waals surface area contributed by atoms with Gasteiger partial charge in [-0.15, -0.1) is 0 Å². The van der Waals surface area contributed by atoms with Crippen molar-refractivity contribution in [3.8, 4) is 0 Å². The molecule has 2 heterocycles. The molecule has 0 bridgehead atoms. The Morgan fingerprint density at radius 2 is 1.89 bits per heavy atom. The molecule has 3 nitrogen and oxygen atoms in total. The fraction of sp³-hybridized carbons (Fsp3) is 0.200. The lowest BCUT2D eigenvalue weighted by atomic mass is 10.1. The Labute approximate surface area is 117 Å². The monoisotopic (exact) mass is 271 g/mol. The quantitative estimate of drug-likeness (QED) is 0.802. The fourth-order valence-corrected chi connectivity index (χ4v) is 2.62. The molecule has 19 heavy (non-hydrogen) atoms. The van der Waals surface area contributed by atoms with Crippen molar-refractivity contribution >= 4 is 17.7 Å². The summed E-state index contributed by atoms with van der Waals surface area (Å²) in [7, 11) is 0. The lowest BCUT2D eigenvalue weighted by Crippen LogP contribution is -2.16. The maximum Gasteiger partial charge on any atom is 0.223 e. The van der Waals surface area contributed by atoms with Crippen LogP contribution in [0.5, 0.6) is 0 Å². The summed E-state index contributed by atoms with van der Waals surface area (Å²) < 4.78 is 0. The molecule has 0 saturated carbocycles. The van der Waals surface area contributed by atoms with Gasteiger partial charge in [0.1, 0.15) is 0 Å². The molecule has 4 heteroatoms. The number of hydrogen-bond acceptors (Lipinski definition) is 3. The Morgan fingerprint density at radius 1 is 1.21 bits per heavy atom. The molecule has 0 saturated heterocycles. The number of rotatable bonds is 3. The van der Waals surface area contributed by atoms with Gasteiger partial charge >= 0.3 is 0 Å². The molecular formula is C15H14ClN3. The normalized spacial score (nSPS) is 14.4. The number of halogens is 1. The highest BCUT2D eigenvalue weighted by Crippen LogP contribution is 2.23. The van der Waals surface area contributed by atoms with Gasteiger partial charge in [-0.2, -0.15) is 0 Å². The summed E-state index contributed by atoms with van der Waals surface area (Å²) in [5.74, 6) is 0. The van der Waals surface area contributed by atoms with E-state index in [4.69, 9.17) is 11.6 Å². The Bertz CT molecular complexity index is 600. The van der Waals surface area contributed by atoms with Crippen LogP contribution in [0, 0.1) is 0 Å². The van der Waals surface area contributed by atoms with Crippen molar-refractivity contribution in [3.05, 3.63) is 64.7 Å². The molecule has 0 radical (unpaired) electrons. The lowest BCUT2D eigenvalue weighted by Gasteiger charge is -2.14. The van der Waals surface area contributed by atoms with Crippen molar-refractivity contribution in [1.82, 2.24) is 14.9 Å². The number of fused-ring (bicyclic) bond motifs is 1. The van der Waals surface area contributed by atoms with E-state index in [2.05, 4.69) is 45.7 Å². The second-order valence-corrected chi connectivity index (χ2v) is 5.01. The standard InChI is InChI=1S/C15H14ClN3/c1-2-13-7-14(18-15(16)17-13)10-19-8-11-5-3-4-6-12(11)9-19/h2-7H,1,8-10H2. The maximum atomic E-state index is 5.91. The average Bonchev–Trinajstić information content (AvgIpc) is 2.80. The predicted octanol–water partition coefficient (Wildman–Crippen LogP) is 3.29. The second kappa shape index (κ2) is 5.11. The second-order valence-electron chi connectivity index (χ2n) is 4.67. The molecule has 0 spiro atoms. The van der Waals surface area contributed by atoms with Crippen LogP contribution in [-0.4, -0.2) is 14.9 Å². The van der Waals surface area contributed by atoms with Gasteiger partial charge in [-0.1, -0.05) is 30.8 Å². The number of nitrogens with zero attached hydrogens (tertiary/aromatic N) is 3. The molecule has 96 valence electrons. The number of aromatic nitrogens is 2. The first-order valence-electron chi connectivity index (χ1n) is 6.19. The first-order valence-corrected chi connectivity index (χ1v) is 6.57. The number of benzene rings is 1. The topological polar surface area (TPSA) is 29.0 Å². The van der Waals surface area contributed by atoms with E-state index < -0.39 is 0 Å². The van der Waals surface area contributed by atoms with Crippen LogP contribution >= 0.6 is 11.6 Å². The van der Waals surface area contributed by atoms with Gasteiger partial charge < -0.3 is 0 Å². The van der Waals surface area contributed by atoms with Gasteiger partial charge in [0, 0.05) is 19.6 Å². The van der Waals surface area contributed by atoms with Crippen LogP contribution in [0.2, 0.25) is 5.28 Å². The third-order valence-electron chi connectivity index (χ3n) is 3.27. The predicted molar refractivity (Wildman–Crippen MR) is 76.5 cm³/mol. The van der Waals surface area contributed by atoms with Gasteiger partial charge in [0.05, 0.1) is 11.4 Å². The average molecular weight is 272 g/mol. The summed E-state index contributed by atoms with van der Waals surface area (Å²) in [6, 6.07) is 10.5. The molecule has 1 aliphatic rings. The first kappa shape index (κ1) is 12.3. The zero-order valence-electron chi connectivity index (χ0n) is 10.5. The maximum absolute atomic E-state index is 5.91. The first-order chi connectivity index (χ1) is 9.24. The molecule has 1 aromatic carbocycles. The Balaban J connectivity index is 1.77. The number of hydrogen-bond donors (Lipinski definition) is 0. The van der Waals surface area contributed by atoms with Crippen LogP contribution in [0.25, 0.3) is 6.08 Å². The molecule has 0 N–H and O–H groups in total. The Hall–Kier alpha value is -1.71. The van der Waals surface area contributed by atoms with E-state index in [1.165, 1.54) is 11.1 Å². The van der Waals surface area contributed by atoms with E-state index in [0.717, 1.165) is 31.0 Å². The fourth-order valence-electron chi connectivity index (χ4n) is 2.42. The van der Waals surface area contributed by atoms with Gasteiger partial charge in [-0.25, -0.2) is 9.97 Å². The van der Waals surface area contributed by atoms with Crippen molar-refractivity contribution in [2.24, 2.45) is 0 Å². The van der Waals surface area contributed by atoms with Crippen molar-refractivity contribution in [1.29, 1.82) is 0 Å². The molecule has 3 rings (SSSR count). The van der Waals surface area contributed by atoms with Gasteiger partial charge in [0.2, 0.25) is 5.28 Å². The lowest BCUT2D eigenvalue weighted by molar-refractivity contribution is 0.272. The Kier molecular flexibility index (Phi) is 3.32. The van der Waals surface area contributed by atoms with E-state index in [1.54, 1.807) is 6.08 Å². The minimum absolute atomic E-state index is 0.282. The van der Waals surface area contributed by atoms with Crippen LogP contribution in [0.1, 0.15) is 22.5 Å². The van der Waals surface area contributed by atoms with Gasteiger partial charge in [0.15, 0.2) is 0 Å².